The molecule has 3 rings (SSSR count). The first-order chi connectivity index (χ1) is 8.63. The normalized spacial score (nSPS) is 29.5. The summed E-state index contributed by atoms with van der Waals surface area (Å²) in [6, 6.07) is 5.76. The molecule has 1 aromatic rings. The van der Waals surface area contributed by atoms with Crippen molar-refractivity contribution in [2.75, 3.05) is 5.73 Å². The topological polar surface area (TPSA) is 55.1 Å². The molecule has 1 amide bonds. The second kappa shape index (κ2) is 4.57. The summed E-state index contributed by atoms with van der Waals surface area (Å²) in [5.41, 5.74) is 6.98. The van der Waals surface area contributed by atoms with Crippen molar-refractivity contribution in [2.45, 2.75) is 31.7 Å². The maximum Gasteiger partial charge on any atom is 0.253 e. The summed E-state index contributed by atoms with van der Waals surface area (Å²) in [5, 5.41) is 3.15. The van der Waals surface area contributed by atoms with E-state index in [0.717, 1.165) is 16.8 Å². The Kier molecular flexibility index (Phi) is 3.06. The summed E-state index contributed by atoms with van der Waals surface area (Å²) in [6.45, 7) is 0. The minimum absolute atomic E-state index is 0.0358. The van der Waals surface area contributed by atoms with Gasteiger partial charge in [-0.2, -0.15) is 0 Å². The van der Waals surface area contributed by atoms with Crippen LogP contribution in [0.3, 0.4) is 0 Å². The number of halogens is 1. The number of rotatable bonds is 2. The average Bonchev–Trinajstić information content (AvgIpc) is 2.94. The molecule has 2 bridgehead atoms. The third-order valence-electron chi connectivity index (χ3n) is 4.31. The summed E-state index contributed by atoms with van der Waals surface area (Å²) in [5.74, 6) is 1.49. The first-order valence-electron chi connectivity index (χ1n) is 6.49. The fraction of sp³-hybridized carbons (Fsp3) is 0.500. The molecule has 3 atom stereocenters. The Hall–Kier alpha value is -1.03. The highest BCUT2D eigenvalue weighted by Gasteiger charge is 2.40. The highest BCUT2D eigenvalue weighted by atomic mass is 79.9. The molecule has 4 heteroatoms. The summed E-state index contributed by atoms with van der Waals surface area (Å²) in [7, 11) is 0. The molecule has 0 heterocycles. The number of nitrogens with two attached hydrogens (primary N) is 1. The van der Waals surface area contributed by atoms with Gasteiger partial charge in [0.2, 0.25) is 0 Å². The van der Waals surface area contributed by atoms with E-state index in [-0.39, 0.29) is 5.91 Å². The average molecular weight is 309 g/mol. The molecule has 0 aliphatic heterocycles. The van der Waals surface area contributed by atoms with Crippen LogP contribution in [-0.4, -0.2) is 11.9 Å². The van der Waals surface area contributed by atoms with Gasteiger partial charge >= 0.3 is 0 Å². The van der Waals surface area contributed by atoms with E-state index >= 15 is 0 Å². The van der Waals surface area contributed by atoms with Crippen molar-refractivity contribution in [1.29, 1.82) is 0 Å². The second-order valence-electron chi connectivity index (χ2n) is 5.49. The van der Waals surface area contributed by atoms with Gasteiger partial charge in [-0.1, -0.05) is 22.4 Å². The standard InChI is InChI=1S/C14H17BrN2O/c15-10-3-4-12(16)11(7-10)14(18)17-13-6-8-1-2-9(13)5-8/h3-4,7-9,13H,1-2,5-6,16H2,(H,17,18). The van der Waals surface area contributed by atoms with Crippen LogP contribution in [0, 0.1) is 11.8 Å². The smallest absolute Gasteiger partial charge is 0.253 e. The molecule has 18 heavy (non-hydrogen) atoms. The third kappa shape index (κ3) is 2.14. The van der Waals surface area contributed by atoms with E-state index in [1.165, 1.54) is 19.3 Å². The lowest BCUT2D eigenvalue weighted by Gasteiger charge is -2.23. The van der Waals surface area contributed by atoms with E-state index in [4.69, 9.17) is 5.73 Å². The third-order valence-corrected chi connectivity index (χ3v) is 4.81. The van der Waals surface area contributed by atoms with Crippen molar-refractivity contribution in [3.8, 4) is 0 Å². The largest absolute Gasteiger partial charge is 0.398 e. The van der Waals surface area contributed by atoms with Gasteiger partial charge in [0.15, 0.2) is 0 Å². The molecule has 1 aromatic carbocycles. The SMILES string of the molecule is Nc1ccc(Br)cc1C(=O)NC1CC2CCC1C2. The van der Waals surface area contributed by atoms with Crippen LogP contribution in [0.1, 0.15) is 36.0 Å². The maximum atomic E-state index is 12.2. The lowest BCUT2D eigenvalue weighted by Crippen LogP contribution is -2.38. The van der Waals surface area contributed by atoms with Crippen LogP contribution in [-0.2, 0) is 0 Å². The lowest BCUT2D eigenvalue weighted by atomic mass is 9.95. The molecule has 2 aliphatic rings. The van der Waals surface area contributed by atoms with E-state index in [0.29, 0.717) is 23.2 Å². The van der Waals surface area contributed by atoms with E-state index in [1.54, 1.807) is 12.1 Å². The van der Waals surface area contributed by atoms with Gasteiger partial charge in [0.05, 0.1) is 5.56 Å². The zero-order valence-corrected chi connectivity index (χ0v) is 11.7. The van der Waals surface area contributed by atoms with Crippen LogP contribution in [0.5, 0.6) is 0 Å². The molecule has 2 saturated carbocycles. The van der Waals surface area contributed by atoms with Crippen molar-refractivity contribution in [2.24, 2.45) is 11.8 Å². The number of hydrogen-bond donors (Lipinski definition) is 2. The predicted octanol–water partition coefficient (Wildman–Crippen LogP) is 2.95. The lowest BCUT2D eigenvalue weighted by molar-refractivity contribution is 0.0924. The van der Waals surface area contributed by atoms with Crippen LogP contribution in [0.15, 0.2) is 22.7 Å². The summed E-state index contributed by atoms with van der Waals surface area (Å²) < 4.78 is 0.884. The molecule has 0 radical (unpaired) electrons. The van der Waals surface area contributed by atoms with Crippen molar-refractivity contribution in [3.05, 3.63) is 28.2 Å². The molecule has 0 spiro atoms. The first-order valence-corrected chi connectivity index (χ1v) is 7.28. The van der Waals surface area contributed by atoms with Crippen LogP contribution in [0.25, 0.3) is 0 Å². The molecule has 2 aliphatic carbocycles. The van der Waals surface area contributed by atoms with Crippen molar-refractivity contribution >= 4 is 27.5 Å². The van der Waals surface area contributed by atoms with Gasteiger partial charge in [-0.3, -0.25) is 4.79 Å². The number of carbonyl (C=O) groups excluding carboxylic acids is 1. The maximum absolute atomic E-state index is 12.2. The van der Waals surface area contributed by atoms with E-state index in [2.05, 4.69) is 21.2 Å². The van der Waals surface area contributed by atoms with Gasteiger partial charge in [0, 0.05) is 16.2 Å². The van der Waals surface area contributed by atoms with Gasteiger partial charge < -0.3 is 11.1 Å². The van der Waals surface area contributed by atoms with Crippen LogP contribution in [0.4, 0.5) is 5.69 Å². The van der Waals surface area contributed by atoms with E-state index in [9.17, 15) is 4.79 Å². The van der Waals surface area contributed by atoms with Gasteiger partial charge in [0.25, 0.3) is 5.91 Å². The molecule has 2 fully saturated rings. The second-order valence-corrected chi connectivity index (χ2v) is 6.40. The summed E-state index contributed by atoms with van der Waals surface area (Å²) in [6.07, 6.45) is 5.04. The monoisotopic (exact) mass is 308 g/mol. The summed E-state index contributed by atoms with van der Waals surface area (Å²) >= 11 is 3.37. The van der Waals surface area contributed by atoms with Crippen molar-refractivity contribution in [1.82, 2.24) is 5.32 Å². The zero-order valence-electron chi connectivity index (χ0n) is 10.2. The van der Waals surface area contributed by atoms with Crippen molar-refractivity contribution in [3.63, 3.8) is 0 Å². The molecule has 3 unspecified atom stereocenters. The number of hydrogen-bond acceptors (Lipinski definition) is 2. The number of fused-ring (bicyclic) bond motifs is 2. The molecule has 0 aromatic heterocycles. The Morgan fingerprint density at radius 1 is 1.33 bits per heavy atom. The molecule has 3 N–H and O–H groups in total. The minimum Gasteiger partial charge on any atom is -0.398 e. The number of anilines is 1. The van der Waals surface area contributed by atoms with E-state index < -0.39 is 0 Å². The molecule has 3 nitrogen and oxygen atoms in total. The number of nitrogens with one attached hydrogen (secondary N) is 1. The fourth-order valence-corrected chi connectivity index (χ4v) is 3.75. The van der Waals surface area contributed by atoms with Crippen LogP contribution >= 0.6 is 15.9 Å². The fourth-order valence-electron chi connectivity index (χ4n) is 3.39. The Bertz CT molecular complexity index is 489. The number of nitrogen functional groups attached to an aromatic ring is 1. The molecular weight excluding hydrogens is 292 g/mol. The molecule has 96 valence electrons. The highest BCUT2D eigenvalue weighted by Crippen LogP contribution is 2.44. The molecular formula is C14H17BrN2O. The van der Waals surface area contributed by atoms with Gasteiger partial charge in [-0.25, -0.2) is 0 Å². The highest BCUT2D eigenvalue weighted by molar-refractivity contribution is 9.10. The minimum atomic E-state index is -0.0358. The number of amides is 1. The van der Waals surface area contributed by atoms with Gasteiger partial charge in [0.1, 0.15) is 0 Å². The predicted molar refractivity (Wildman–Crippen MR) is 75.3 cm³/mol. The van der Waals surface area contributed by atoms with Gasteiger partial charge in [-0.05, 0) is 49.3 Å². The van der Waals surface area contributed by atoms with E-state index in [1.807, 2.05) is 6.07 Å². The Balaban J connectivity index is 1.73. The van der Waals surface area contributed by atoms with Crippen molar-refractivity contribution < 1.29 is 4.79 Å². The number of benzene rings is 1. The number of carbonyl (C=O) groups is 1. The Morgan fingerprint density at radius 3 is 2.83 bits per heavy atom. The summed E-state index contributed by atoms with van der Waals surface area (Å²) in [4.78, 5) is 12.2. The zero-order chi connectivity index (χ0) is 12.7. The van der Waals surface area contributed by atoms with Gasteiger partial charge in [-0.15, -0.1) is 0 Å². The first kappa shape index (κ1) is 12.0. The Labute approximate surface area is 115 Å². The van der Waals surface area contributed by atoms with Crippen LogP contribution in [0.2, 0.25) is 0 Å². The molecule has 0 saturated heterocycles. The Morgan fingerprint density at radius 2 is 2.17 bits per heavy atom. The van der Waals surface area contributed by atoms with Crippen LogP contribution < -0.4 is 11.1 Å². The quantitative estimate of drug-likeness (QED) is 0.825.